The molecule has 0 saturated carbocycles. The molecule has 8 heteroatoms. The van der Waals surface area contributed by atoms with Crippen molar-refractivity contribution in [3.05, 3.63) is 58.0 Å². The van der Waals surface area contributed by atoms with E-state index < -0.39 is 0 Å². The summed E-state index contributed by atoms with van der Waals surface area (Å²) in [5.41, 5.74) is 9.28. The lowest BCUT2D eigenvalue weighted by Gasteiger charge is -2.35. The third kappa shape index (κ3) is 3.22. The number of likely N-dealkylation sites (N-methyl/N-ethyl adjacent to an activating group) is 1. The molecule has 1 aliphatic heterocycles. The first-order valence-corrected chi connectivity index (χ1v) is 9.93. The maximum absolute atomic E-state index is 11.5. The third-order valence-electron chi connectivity index (χ3n) is 6.44. The lowest BCUT2D eigenvalue weighted by molar-refractivity contribution is -0.729. The first kappa shape index (κ1) is 20.0. The van der Waals surface area contributed by atoms with Gasteiger partial charge in [-0.1, -0.05) is 6.07 Å². The van der Waals surface area contributed by atoms with Crippen molar-refractivity contribution in [2.75, 3.05) is 27.8 Å². The molecular formula is C22H27N4O4+. The van der Waals surface area contributed by atoms with Crippen molar-refractivity contribution in [1.29, 1.82) is 0 Å². The number of aryl methyl sites for hydroxylation is 1. The molecular weight excluding hydrogens is 384 g/mol. The predicted molar refractivity (Wildman–Crippen MR) is 113 cm³/mol. The molecule has 2 aliphatic rings. The fraction of sp³-hybridized carbons (Fsp3) is 0.409. The summed E-state index contributed by atoms with van der Waals surface area (Å²) in [6.45, 7) is 0.715. The minimum absolute atomic E-state index is 0.0389. The average molecular weight is 411 g/mol. The molecule has 0 saturated heterocycles. The molecule has 0 aromatic heterocycles. The molecule has 3 N–H and O–H groups in total. The van der Waals surface area contributed by atoms with Crippen LogP contribution in [0, 0.1) is 4.91 Å². The van der Waals surface area contributed by atoms with Crippen molar-refractivity contribution >= 4 is 11.6 Å². The molecule has 2 unspecified atom stereocenters. The summed E-state index contributed by atoms with van der Waals surface area (Å²) in [7, 11) is 5.21. The monoisotopic (exact) mass is 411 g/mol. The molecule has 0 amide bonds. The zero-order valence-corrected chi connectivity index (χ0v) is 17.5. The van der Waals surface area contributed by atoms with Crippen LogP contribution in [0.2, 0.25) is 0 Å². The minimum atomic E-state index is -0.313. The van der Waals surface area contributed by atoms with Gasteiger partial charge in [-0.25, -0.2) is 10.2 Å². The van der Waals surface area contributed by atoms with Gasteiger partial charge in [-0.2, -0.15) is 0 Å². The van der Waals surface area contributed by atoms with Crippen LogP contribution in [0.25, 0.3) is 0 Å². The molecule has 1 heterocycles. The number of nitrogens with two attached hydrogens (primary N) is 1. The maximum atomic E-state index is 11.5. The fourth-order valence-electron chi connectivity index (χ4n) is 4.84. The van der Waals surface area contributed by atoms with Gasteiger partial charge in [0.05, 0.1) is 25.2 Å². The lowest BCUT2D eigenvalue weighted by Crippen LogP contribution is -2.42. The van der Waals surface area contributed by atoms with Gasteiger partial charge in [0.25, 0.3) is 4.92 Å². The topological polar surface area (TPSA) is 100 Å². The van der Waals surface area contributed by atoms with Crippen molar-refractivity contribution < 1.29 is 19.6 Å². The van der Waals surface area contributed by atoms with Gasteiger partial charge in [-0.05, 0) is 48.6 Å². The summed E-state index contributed by atoms with van der Waals surface area (Å²) < 4.78 is 11.0. The van der Waals surface area contributed by atoms with Crippen LogP contribution >= 0.6 is 0 Å². The van der Waals surface area contributed by atoms with E-state index in [0.29, 0.717) is 24.7 Å². The van der Waals surface area contributed by atoms with Crippen molar-refractivity contribution in [2.24, 2.45) is 10.7 Å². The number of hydrogen-bond acceptors (Lipinski definition) is 6. The van der Waals surface area contributed by atoms with E-state index in [0.717, 1.165) is 24.2 Å². The van der Waals surface area contributed by atoms with Gasteiger partial charge >= 0.3 is 5.69 Å². The Morgan fingerprint density at radius 3 is 2.70 bits per heavy atom. The number of guanidine groups is 1. The Kier molecular flexibility index (Phi) is 5.01. The zero-order chi connectivity index (χ0) is 21.5. The van der Waals surface area contributed by atoms with Crippen molar-refractivity contribution in [3.63, 3.8) is 0 Å². The van der Waals surface area contributed by atoms with Crippen LogP contribution in [0.5, 0.6) is 11.5 Å². The summed E-state index contributed by atoms with van der Waals surface area (Å²) in [4.78, 5) is 18.1. The van der Waals surface area contributed by atoms with Crippen LogP contribution in [0.15, 0.2) is 41.4 Å². The first-order valence-electron chi connectivity index (χ1n) is 9.93. The van der Waals surface area contributed by atoms with Gasteiger partial charge < -0.3 is 20.1 Å². The van der Waals surface area contributed by atoms with Crippen LogP contribution in [0.3, 0.4) is 0 Å². The van der Waals surface area contributed by atoms with Gasteiger partial charge in [0, 0.05) is 36.7 Å². The molecule has 0 bridgehead atoms. The van der Waals surface area contributed by atoms with E-state index in [-0.39, 0.29) is 22.1 Å². The second-order valence-corrected chi connectivity index (χ2v) is 8.01. The molecule has 158 valence electrons. The SMILES string of the molecule is COc1ccc2c(c1)CCC2(Cc1cc([N+](=O)O)ccc1OC)C1CN(C)C(N)=N1. The molecule has 0 radical (unpaired) electrons. The second kappa shape index (κ2) is 7.51. The molecule has 2 aromatic carbocycles. The van der Waals surface area contributed by atoms with E-state index in [2.05, 4.69) is 12.1 Å². The number of rotatable bonds is 6. The molecule has 30 heavy (non-hydrogen) atoms. The van der Waals surface area contributed by atoms with Crippen molar-refractivity contribution in [3.8, 4) is 11.5 Å². The van der Waals surface area contributed by atoms with E-state index in [1.165, 1.54) is 17.2 Å². The minimum Gasteiger partial charge on any atom is -0.497 e. The van der Waals surface area contributed by atoms with Crippen LogP contribution in [0.1, 0.15) is 23.1 Å². The number of aliphatic imine (C=N–C) groups is 1. The van der Waals surface area contributed by atoms with Crippen LogP contribution in [-0.2, 0) is 18.3 Å². The van der Waals surface area contributed by atoms with Crippen molar-refractivity contribution in [2.45, 2.75) is 30.7 Å². The van der Waals surface area contributed by atoms with E-state index >= 15 is 0 Å². The average Bonchev–Trinajstić information content (AvgIpc) is 3.28. The molecule has 2 atom stereocenters. The highest BCUT2D eigenvalue weighted by molar-refractivity contribution is 5.80. The number of methoxy groups -OCH3 is 2. The largest absolute Gasteiger partial charge is 0.497 e. The second-order valence-electron chi connectivity index (χ2n) is 8.01. The summed E-state index contributed by atoms with van der Waals surface area (Å²) in [6.07, 6.45) is 2.39. The van der Waals surface area contributed by atoms with Gasteiger partial charge in [-0.15, -0.1) is 0 Å². The molecule has 0 fully saturated rings. The Morgan fingerprint density at radius 2 is 2.07 bits per heavy atom. The highest BCUT2D eigenvalue weighted by atomic mass is 16.6. The maximum Gasteiger partial charge on any atom is 0.317 e. The summed E-state index contributed by atoms with van der Waals surface area (Å²) in [5.74, 6) is 2.03. The molecule has 1 aliphatic carbocycles. The summed E-state index contributed by atoms with van der Waals surface area (Å²) >= 11 is 0. The fourth-order valence-corrected chi connectivity index (χ4v) is 4.84. The van der Waals surface area contributed by atoms with Crippen LogP contribution < -0.4 is 15.2 Å². The number of benzene rings is 2. The third-order valence-corrected chi connectivity index (χ3v) is 6.44. The molecule has 2 aromatic rings. The standard InChI is InChI=1S/C22H27N4O4/c1-25-13-20(24-21(25)23)22(9-8-14-11-17(29-2)5-6-18(14)22)12-15-10-16(26(27)28)4-7-19(15)30-3/h4-7,10-11,20H,8-9,12-13H2,1-3H3,(H2,23,24)(H,27,28)/q+1. The first-order chi connectivity index (χ1) is 14.4. The van der Waals surface area contributed by atoms with Crippen LogP contribution in [0.4, 0.5) is 5.69 Å². The Hall–Kier alpha value is -3.29. The number of nitrogens with zero attached hydrogens (tertiary/aromatic N) is 3. The van der Waals surface area contributed by atoms with E-state index in [1.54, 1.807) is 26.4 Å². The number of hydrogen-bond donors (Lipinski definition) is 2. The molecule has 4 rings (SSSR count). The Morgan fingerprint density at radius 1 is 1.27 bits per heavy atom. The highest BCUT2D eigenvalue weighted by Crippen LogP contribution is 2.48. The Labute approximate surface area is 175 Å². The summed E-state index contributed by atoms with van der Waals surface area (Å²) in [5, 5.41) is 9.41. The van der Waals surface area contributed by atoms with Gasteiger partial charge in [0.2, 0.25) is 0 Å². The zero-order valence-electron chi connectivity index (χ0n) is 17.5. The summed E-state index contributed by atoms with van der Waals surface area (Å²) in [6, 6.07) is 11.1. The Balaban J connectivity index is 1.84. The van der Waals surface area contributed by atoms with E-state index in [9.17, 15) is 10.1 Å². The van der Waals surface area contributed by atoms with E-state index in [4.69, 9.17) is 20.2 Å². The quantitative estimate of drug-likeness (QED) is 0.709. The van der Waals surface area contributed by atoms with Crippen molar-refractivity contribution in [1.82, 2.24) is 4.90 Å². The van der Waals surface area contributed by atoms with Gasteiger partial charge in [-0.3, -0.25) is 0 Å². The molecule has 8 nitrogen and oxygen atoms in total. The normalized spacial score (nSPS) is 22.6. The van der Waals surface area contributed by atoms with Crippen LogP contribution in [-0.4, -0.2) is 54.8 Å². The van der Waals surface area contributed by atoms with Gasteiger partial charge in [0.1, 0.15) is 11.5 Å². The smallest absolute Gasteiger partial charge is 0.317 e. The van der Waals surface area contributed by atoms with Gasteiger partial charge in [0.15, 0.2) is 5.96 Å². The lowest BCUT2D eigenvalue weighted by atomic mass is 9.71. The predicted octanol–water partition coefficient (Wildman–Crippen LogP) is 2.56. The molecule has 0 spiro atoms. The highest BCUT2D eigenvalue weighted by Gasteiger charge is 2.48. The number of ether oxygens (including phenoxy) is 2. The number of fused-ring (bicyclic) bond motifs is 1. The Bertz CT molecular complexity index is 1020. The van der Waals surface area contributed by atoms with E-state index in [1.807, 2.05) is 18.0 Å².